The molecule has 2 atom stereocenters. The lowest BCUT2D eigenvalue weighted by Gasteiger charge is -2.33. The van der Waals surface area contributed by atoms with Crippen LogP contribution < -0.4 is 10.2 Å². The fourth-order valence-electron chi connectivity index (χ4n) is 3.59. The lowest BCUT2D eigenvalue weighted by Crippen LogP contribution is -2.34. The van der Waals surface area contributed by atoms with E-state index in [0.29, 0.717) is 6.42 Å². The van der Waals surface area contributed by atoms with Gasteiger partial charge >= 0.3 is 0 Å². The Kier molecular flexibility index (Phi) is 7.69. The Balaban J connectivity index is 1.45. The van der Waals surface area contributed by atoms with E-state index in [4.69, 9.17) is 11.6 Å². The van der Waals surface area contributed by atoms with Gasteiger partial charge in [-0.25, -0.2) is 0 Å². The zero-order valence-electron chi connectivity index (χ0n) is 16.7. The van der Waals surface area contributed by atoms with Crippen LogP contribution in [0, 0.1) is 5.92 Å². The molecule has 150 valence electrons. The van der Waals surface area contributed by atoms with Gasteiger partial charge in [0.2, 0.25) is 5.91 Å². The van der Waals surface area contributed by atoms with Crippen molar-refractivity contribution < 1.29 is 4.79 Å². The fraction of sp³-hybridized carbons (Fsp3) is 0.435. The molecule has 1 aliphatic rings. The van der Waals surface area contributed by atoms with Gasteiger partial charge in [0.1, 0.15) is 0 Å². The van der Waals surface area contributed by atoms with E-state index >= 15 is 0 Å². The van der Waals surface area contributed by atoms with E-state index in [9.17, 15) is 4.79 Å². The quantitative estimate of drug-likeness (QED) is 0.567. The number of hydrogen-bond donors (Lipinski definition) is 1. The molecule has 5 heteroatoms. The molecule has 1 fully saturated rings. The van der Waals surface area contributed by atoms with Gasteiger partial charge in [0, 0.05) is 40.9 Å². The molecule has 1 N–H and O–H groups in total. The average molecular weight is 417 g/mol. The Bertz CT molecular complexity index is 763. The van der Waals surface area contributed by atoms with Crippen LogP contribution in [0.5, 0.6) is 0 Å². The van der Waals surface area contributed by atoms with Crippen molar-refractivity contribution in [3.63, 3.8) is 0 Å². The molecule has 0 unspecified atom stereocenters. The highest BCUT2D eigenvalue weighted by molar-refractivity contribution is 7.99. The second-order valence-corrected chi connectivity index (χ2v) is 9.23. The van der Waals surface area contributed by atoms with Crippen LogP contribution in [0.15, 0.2) is 53.4 Å². The van der Waals surface area contributed by atoms with Crippen molar-refractivity contribution in [1.29, 1.82) is 0 Å². The van der Waals surface area contributed by atoms with E-state index < -0.39 is 0 Å². The number of hydrogen-bond acceptors (Lipinski definition) is 3. The van der Waals surface area contributed by atoms with E-state index in [0.717, 1.165) is 40.2 Å². The maximum absolute atomic E-state index is 12.3. The fourth-order valence-corrected chi connectivity index (χ4v) is 4.56. The molecule has 2 aromatic carbocycles. The monoisotopic (exact) mass is 416 g/mol. The molecule has 2 aromatic rings. The van der Waals surface area contributed by atoms with Gasteiger partial charge in [0.15, 0.2) is 0 Å². The van der Waals surface area contributed by atoms with Gasteiger partial charge in [-0.3, -0.25) is 4.79 Å². The molecule has 0 radical (unpaired) electrons. The number of rotatable bonds is 7. The lowest BCUT2D eigenvalue weighted by molar-refractivity contribution is -0.121. The predicted octanol–water partition coefficient (Wildman–Crippen LogP) is 5.94. The molecule has 1 heterocycles. The van der Waals surface area contributed by atoms with Crippen LogP contribution in [-0.4, -0.2) is 24.7 Å². The van der Waals surface area contributed by atoms with Crippen LogP contribution in [0.25, 0.3) is 0 Å². The Hall–Kier alpha value is -1.65. The summed E-state index contributed by atoms with van der Waals surface area (Å²) in [5.41, 5.74) is 2.43. The van der Waals surface area contributed by atoms with Gasteiger partial charge in [-0.1, -0.05) is 30.7 Å². The molecule has 0 bridgehead atoms. The summed E-state index contributed by atoms with van der Waals surface area (Å²) < 4.78 is 0. The van der Waals surface area contributed by atoms with Crippen LogP contribution in [0.3, 0.4) is 0 Å². The standard InChI is InChI=1S/C23H29ClN2OS/c1-17-4-3-14-26(16-17)21-9-5-19(6-10-21)18(2)25-23(27)13-15-28-22-11-7-20(24)8-12-22/h5-12,17-18H,3-4,13-16H2,1-2H3,(H,25,27)/t17-,18+/m1/s1. The van der Waals surface area contributed by atoms with Crippen molar-refractivity contribution in [3.8, 4) is 0 Å². The van der Waals surface area contributed by atoms with E-state index in [1.807, 2.05) is 31.2 Å². The second kappa shape index (κ2) is 10.2. The van der Waals surface area contributed by atoms with Crippen molar-refractivity contribution in [2.75, 3.05) is 23.7 Å². The molecular formula is C23H29ClN2OS. The molecule has 0 saturated carbocycles. The van der Waals surface area contributed by atoms with E-state index in [1.54, 1.807) is 11.8 Å². The average Bonchev–Trinajstić information content (AvgIpc) is 2.69. The van der Waals surface area contributed by atoms with Crippen LogP contribution in [-0.2, 0) is 4.79 Å². The summed E-state index contributed by atoms with van der Waals surface area (Å²) in [5, 5.41) is 3.84. The van der Waals surface area contributed by atoms with Crippen molar-refractivity contribution >= 4 is 35.0 Å². The first kappa shape index (κ1) is 21.1. The van der Waals surface area contributed by atoms with E-state index in [2.05, 4.69) is 41.4 Å². The zero-order chi connectivity index (χ0) is 19.9. The number of halogens is 1. The molecule has 28 heavy (non-hydrogen) atoms. The van der Waals surface area contributed by atoms with E-state index in [1.165, 1.54) is 18.5 Å². The summed E-state index contributed by atoms with van der Waals surface area (Å²) in [6.45, 7) is 6.64. The van der Waals surface area contributed by atoms with Gasteiger partial charge in [0.05, 0.1) is 6.04 Å². The second-order valence-electron chi connectivity index (χ2n) is 7.63. The summed E-state index contributed by atoms with van der Waals surface area (Å²) in [7, 11) is 0. The Morgan fingerprint density at radius 2 is 1.93 bits per heavy atom. The number of amides is 1. The van der Waals surface area contributed by atoms with Crippen molar-refractivity contribution in [2.45, 2.75) is 44.0 Å². The normalized spacial score (nSPS) is 18.0. The molecule has 3 nitrogen and oxygen atoms in total. The topological polar surface area (TPSA) is 32.3 Å². The molecule has 1 amide bonds. The first-order valence-electron chi connectivity index (χ1n) is 10.0. The number of nitrogens with one attached hydrogen (secondary N) is 1. The van der Waals surface area contributed by atoms with Gasteiger partial charge in [-0.15, -0.1) is 11.8 Å². The summed E-state index contributed by atoms with van der Waals surface area (Å²) in [5.74, 6) is 1.60. The highest BCUT2D eigenvalue weighted by Crippen LogP contribution is 2.25. The van der Waals surface area contributed by atoms with Gasteiger partial charge in [-0.05, 0) is 67.6 Å². The highest BCUT2D eigenvalue weighted by atomic mass is 35.5. The van der Waals surface area contributed by atoms with Gasteiger partial charge < -0.3 is 10.2 Å². The SMILES string of the molecule is C[C@@H]1CCCN(c2ccc([C@H](C)NC(=O)CCSc3ccc(Cl)cc3)cc2)C1. The number of benzene rings is 2. The first-order chi connectivity index (χ1) is 13.5. The lowest BCUT2D eigenvalue weighted by atomic mass is 9.99. The summed E-state index contributed by atoms with van der Waals surface area (Å²) >= 11 is 7.57. The first-order valence-corrected chi connectivity index (χ1v) is 11.4. The Labute approximate surface area is 177 Å². The zero-order valence-corrected chi connectivity index (χ0v) is 18.2. The molecule has 3 rings (SSSR count). The predicted molar refractivity (Wildman–Crippen MR) is 120 cm³/mol. The minimum absolute atomic E-state index is 0.0161. The number of carbonyl (C=O) groups excluding carboxylic acids is 1. The highest BCUT2D eigenvalue weighted by Gasteiger charge is 2.17. The minimum Gasteiger partial charge on any atom is -0.371 e. The Morgan fingerprint density at radius 3 is 2.61 bits per heavy atom. The maximum atomic E-state index is 12.3. The minimum atomic E-state index is 0.0161. The van der Waals surface area contributed by atoms with Crippen LogP contribution in [0.1, 0.15) is 44.7 Å². The smallest absolute Gasteiger partial charge is 0.221 e. The van der Waals surface area contributed by atoms with Crippen molar-refractivity contribution in [3.05, 3.63) is 59.1 Å². The van der Waals surface area contributed by atoms with Gasteiger partial charge in [0.25, 0.3) is 0 Å². The van der Waals surface area contributed by atoms with Crippen molar-refractivity contribution in [2.24, 2.45) is 5.92 Å². The third-order valence-electron chi connectivity index (χ3n) is 5.20. The largest absolute Gasteiger partial charge is 0.371 e. The van der Waals surface area contributed by atoms with Crippen LogP contribution in [0.4, 0.5) is 5.69 Å². The van der Waals surface area contributed by atoms with Crippen molar-refractivity contribution in [1.82, 2.24) is 5.32 Å². The number of piperidine rings is 1. The summed E-state index contributed by atoms with van der Waals surface area (Å²) in [6, 6.07) is 16.4. The molecular weight excluding hydrogens is 388 g/mol. The van der Waals surface area contributed by atoms with Gasteiger partial charge in [-0.2, -0.15) is 0 Å². The van der Waals surface area contributed by atoms with E-state index in [-0.39, 0.29) is 11.9 Å². The Morgan fingerprint density at radius 1 is 1.21 bits per heavy atom. The number of nitrogens with zero attached hydrogens (tertiary/aromatic N) is 1. The maximum Gasteiger partial charge on any atom is 0.221 e. The number of thioether (sulfide) groups is 1. The molecule has 0 spiro atoms. The van der Waals surface area contributed by atoms with Crippen LogP contribution in [0.2, 0.25) is 5.02 Å². The third kappa shape index (κ3) is 6.18. The van der Waals surface area contributed by atoms with Crippen LogP contribution >= 0.6 is 23.4 Å². The number of anilines is 1. The third-order valence-corrected chi connectivity index (χ3v) is 6.47. The molecule has 1 aliphatic heterocycles. The number of carbonyl (C=O) groups is 1. The molecule has 1 saturated heterocycles. The summed E-state index contributed by atoms with van der Waals surface area (Å²) in [4.78, 5) is 15.9. The molecule has 0 aliphatic carbocycles. The molecule has 0 aromatic heterocycles. The summed E-state index contributed by atoms with van der Waals surface area (Å²) in [6.07, 6.45) is 3.10.